The van der Waals surface area contributed by atoms with Crippen molar-refractivity contribution >= 4 is 11.6 Å². The Balaban J connectivity index is 2.26. The highest BCUT2D eigenvalue weighted by molar-refractivity contribution is 5.87. The summed E-state index contributed by atoms with van der Waals surface area (Å²) in [6, 6.07) is 6.26. The molecule has 1 aromatic carbocycles. The van der Waals surface area contributed by atoms with Crippen molar-refractivity contribution in [3.8, 4) is 0 Å². The molecule has 1 aliphatic rings. The maximum atomic E-state index is 12.4. The summed E-state index contributed by atoms with van der Waals surface area (Å²) in [5.41, 5.74) is 4.50. The molecule has 1 fully saturated rings. The van der Waals surface area contributed by atoms with Crippen molar-refractivity contribution in [2.24, 2.45) is 0 Å². The smallest absolute Gasteiger partial charge is 0.249 e. The SMILES string of the molecule is C=C1CCC(N(C)c2ccc(C)cc2C)C(=O)N1C. The van der Waals surface area contributed by atoms with E-state index < -0.39 is 0 Å². The first-order valence-electron chi connectivity index (χ1n) is 6.67. The fourth-order valence-corrected chi connectivity index (χ4v) is 2.70. The third-order valence-electron chi connectivity index (χ3n) is 4.00. The lowest BCUT2D eigenvalue weighted by Gasteiger charge is -2.37. The van der Waals surface area contributed by atoms with Crippen molar-refractivity contribution in [3.05, 3.63) is 41.6 Å². The molecular weight excluding hydrogens is 236 g/mol. The average molecular weight is 258 g/mol. The molecule has 0 radical (unpaired) electrons. The Kier molecular flexibility index (Phi) is 3.65. The number of nitrogens with zero attached hydrogens (tertiary/aromatic N) is 2. The van der Waals surface area contributed by atoms with E-state index in [0.717, 1.165) is 24.2 Å². The number of hydrogen-bond acceptors (Lipinski definition) is 2. The number of rotatable bonds is 2. The van der Waals surface area contributed by atoms with Crippen LogP contribution in [-0.2, 0) is 4.79 Å². The van der Waals surface area contributed by atoms with Gasteiger partial charge in [0.25, 0.3) is 0 Å². The zero-order chi connectivity index (χ0) is 14.2. The van der Waals surface area contributed by atoms with Gasteiger partial charge in [0.2, 0.25) is 5.91 Å². The lowest BCUT2D eigenvalue weighted by molar-refractivity contribution is -0.131. The molecule has 1 unspecified atom stereocenters. The summed E-state index contributed by atoms with van der Waals surface area (Å²) in [5, 5.41) is 0. The van der Waals surface area contributed by atoms with Gasteiger partial charge < -0.3 is 9.80 Å². The van der Waals surface area contributed by atoms with Gasteiger partial charge in [0.15, 0.2) is 0 Å². The fraction of sp³-hybridized carbons (Fsp3) is 0.438. The molecule has 1 amide bonds. The highest BCUT2D eigenvalue weighted by Crippen LogP contribution is 2.28. The van der Waals surface area contributed by atoms with Crippen LogP contribution >= 0.6 is 0 Å². The van der Waals surface area contributed by atoms with Gasteiger partial charge in [-0.1, -0.05) is 24.3 Å². The van der Waals surface area contributed by atoms with Crippen molar-refractivity contribution in [2.75, 3.05) is 19.0 Å². The number of amides is 1. The van der Waals surface area contributed by atoms with Crippen molar-refractivity contribution in [3.63, 3.8) is 0 Å². The molecule has 0 aliphatic carbocycles. The molecule has 1 atom stereocenters. The Morgan fingerprint density at radius 2 is 2.05 bits per heavy atom. The summed E-state index contributed by atoms with van der Waals surface area (Å²) in [6.07, 6.45) is 1.72. The Morgan fingerprint density at radius 1 is 1.37 bits per heavy atom. The summed E-state index contributed by atoms with van der Waals surface area (Å²) in [5.74, 6) is 0.138. The zero-order valence-corrected chi connectivity index (χ0v) is 12.2. The van der Waals surface area contributed by atoms with Crippen molar-refractivity contribution < 1.29 is 4.79 Å². The Bertz CT molecular complexity index is 521. The predicted octanol–water partition coefficient (Wildman–Crippen LogP) is 2.87. The van der Waals surface area contributed by atoms with Crippen molar-refractivity contribution in [1.82, 2.24) is 4.90 Å². The first kappa shape index (κ1) is 13.7. The maximum Gasteiger partial charge on any atom is 0.249 e. The molecule has 0 saturated carbocycles. The van der Waals surface area contributed by atoms with Gasteiger partial charge >= 0.3 is 0 Å². The molecule has 1 saturated heterocycles. The summed E-state index contributed by atoms with van der Waals surface area (Å²) in [4.78, 5) is 16.1. The number of hydrogen-bond donors (Lipinski definition) is 0. The van der Waals surface area contributed by atoms with Gasteiger partial charge in [0, 0.05) is 25.5 Å². The molecule has 19 heavy (non-hydrogen) atoms. The van der Waals surface area contributed by atoms with E-state index in [2.05, 4.69) is 43.5 Å². The van der Waals surface area contributed by atoms with E-state index in [4.69, 9.17) is 0 Å². The summed E-state index contributed by atoms with van der Waals surface area (Å²) >= 11 is 0. The van der Waals surface area contributed by atoms with Crippen LogP contribution in [0, 0.1) is 13.8 Å². The lowest BCUT2D eigenvalue weighted by Crippen LogP contribution is -2.49. The molecule has 102 valence electrons. The third kappa shape index (κ3) is 2.50. The first-order chi connectivity index (χ1) is 8.91. The summed E-state index contributed by atoms with van der Waals surface area (Å²) in [6.45, 7) is 8.10. The molecule has 1 aromatic rings. The van der Waals surface area contributed by atoms with Gasteiger partial charge in [0.05, 0.1) is 0 Å². The molecule has 0 aromatic heterocycles. The predicted molar refractivity (Wildman–Crippen MR) is 79.3 cm³/mol. The number of likely N-dealkylation sites (N-methyl/N-ethyl adjacent to an activating group) is 2. The van der Waals surface area contributed by atoms with Crippen LogP contribution in [0.25, 0.3) is 0 Å². The van der Waals surface area contributed by atoms with Crippen molar-refractivity contribution in [2.45, 2.75) is 32.7 Å². The summed E-state index contributed by atoms with van der Waals surface area (Å²) in [7, 11) is 3.81. The maximum absolute atomic E-state index is 12.4. The number of benzene rings is 1. The topological polar surface area (TPSA) is 23.6 Å². The normalized spacial score (nSPS) is 19.8. The van der Waals surface area contributed by atoms with Gasteiger partial charge in [-0.3, -0.25) is 4.79 Å². The lowest BCUT2D eigenvalue weighted by atomic mass is 10.00. The average Bonchev–Trinajstić information content (AvgIpc) is 2.35. The van der Waals surface area contributed by atoms with Crippen LogP contribution in [0.15, 0.2) is 30.5 Å². The van der Waals surface area contributed by atoms with Gasteiger partial charge in [-0.05, 0) is 38.3 Å². The third-order valence-corrected chi connectivity index (χ3v) is 4.00. The Morgan fingerprint density at radius 3 is 2.68 bits per heavy atom. The highest BCUT2D eigenvalue weighted by atomic mass is 16.2. The number of allylic oxidation sites excluding steroid dienone is 1. The number of carbonyl (C=O) groups is 1. The molecule has 0 spiro atoms. The van der Waals surface area contributed by atoms with Crippen LogP contribution in [0.2, 0.25) is 0 Å². The van der Waals surface area contributed by atoms with Crippen LogP contribution in [-0.4, -0.2) is 30.9 Å². The largest absolute Gasteiger partial charge is 0.362 e. The Hall–Kier alpha value is -1.77. The van der Waals surface area contributed by atoms with E-state index in [0.29, 0.717) is 0 Å². The molecule has 2 rings (SSSR count). The molecular formula is C16H22N2O. The standard InChI is InChI=1S/C16H22N2O/c1-11-6-8-14(12(2)10-11)18(5)15-9-7-13(3)17(4)16(15)19/h6,8,10,15H,3,7,9H2,1-2,4-5H3. The van der Waals surface area contributed by atoms with E-state index in [-0.39, 0.29) is 11.9 Å². The Labute approximate surface area is 115 Å². The zero-order valence-electron chi connectivity index (χ0n) is 12.2. The number of likely N-dealkylation sites (tertiary alicyclic amines) is 1. The van der Waals surface area contributed by atoms with E-state index in [1.165, 1.54) is 11.1 Å². The van der Waals surface area contributed by atoms with Crippen LogP contribution in [0.1, 0.15) is 24.0 Å². The van der Waals surface area contributed by atoms with E-state index >= 15 is 0 Å². The molecule has 1 heterocycles. The molecule has 1 aliphatic heterocycles. The minimum atomic E-state index is -0.0862. The van der Waals surface area contributed by atoms with Gasteiger partial charge in [-0.25, -0.2) is 0 Å². The minimum absolute atomic E-state index is 0.0862. The van der Waals surface area contributed by atoms with Crippen LogP contribution in [0.4, 0.5) is 5.69 Å². The number of piperidine rings is 1. The summed E-state index contributed by atoms with van der Waals surface area (Å²) < 4.78 is 0. The number of aryl methyl sites for hydroxylation is 2. The van der Waals surface area contributed by atoms with Crippen LogP contribution < -0.4 is 4.90 Å². The van der Waals surface area contributed by atoms with E-state index in [1.54, 1.807) is 4.90 Å². The molecule has 0 N–H and O–H groups in total. The second-order valence-corrected chi connectivity index (χ2v) is 5.42. The van der Waals surface area contributed by atoms with Gasteiger partial charge in [-0.2, -0.15) is 0 Å². The molecule has 0 bridgehead atoms. The van der Waals surface area contributed by atoms with Gasteiger partial charge in [-0.15, -0.1) is 0 Å². The second-order valence-electron chi connectivity index (χ2n) is 5.42. The minimum Gasteiger partial charge on any atom is -0.362 e. The van der Waals surface area contributed by atoms with Crippen LogP contribution in [0.3, 0.4) is 0 Å². The number of anilines is 1. The quantitative estimate of drug-likeness (QED) is 0.814. The molecule has 3 heteroatoms. The fourth-order valence-electron chi connectivity index (χ4n) is 2.70. The monoisotopic (exact) mass is 258 g/mol. The van der Waals surface area contributed by atoms with E-state index in [9.17, 15) is 4.79 Å². The van der Waals surface area contributed by atoms with E-state index in [1.807, 2.05) is 14.1 Å². The second kappa shape index (κ2) is 5.08. The number of carbonyl (C=O) groups excluding carboxylic acids is 1. The van der Waals surface area contributed by atoms with Gasteiger partial charge in [0.1, 0.15) is 6.04 Å². The molecule has 3 nitrogen and oxygen atoms in total. The van der Waals surface area contributed by atoms with Crippen LogP contribution in [0.5, 0.6) is 0 Å². The first-order valence-corrected chi connectivity index (χ1v) is 6.67. The highest BCUT2D eigenvalue weighted by Gasteiger charge is 2.32. The van der Waals surface area contributed by atoms with Crippen molar-refractivity contribution in [1.29, 1.82) is 0 Å².